The summed E-state index contributed by atoms with van der Waals surface area (Å²) in [6.07, 6.45) is 2.97. The molecule has 1 aromatic carbocycles. The lowest BCUT2D eigenvalue weighted by Gasteiger charge is -2.23. The van der Waals surface area contributed by atoms with E-state index in [-0.39, 0.29) is 11.7 Å². The molecule has 0 aliphatic heterocycles. The number of hydrogen-bond donors (Lipinski definition) is 1. The van der Waals surface area contributed by atoms with Crippen LogP contribution in [0.5, 0.6) is 0 Å². The van der Waals surface area contributed by atoms with Crippen LogP contribution in [-0.4, -0.2) is 26.2 Å². The van der Waals surface area contributed by atoms with Gasteiger partial charge in [-0.05, 0) is 17.5 Å². The molecule has 1 unspecified atom stereocenters. The molecule has 0 aliphatic rings. The molecule has 6 heteroatoms. The standard InChI is InChI=1S/C15H19N3O2S/c1-12(13-6-4-3-5-7-13)11-21(19,20)18(2)15-8-9-17-10-14(15)16/h3-10,12H,11,16H2,1-2H3. The van der Waals surface area contributed by atoms with Crippen molar-refractivity contribution in [1.29, 1.82) is 0 Å². The fourth-order valence-corrected chi connectivity index (χ4v) is 3.66. The Hall–Kier alpha value is -2.08. The van der Waals surface area contributed by atoms with E-state index in [0.717, 1.165) is 5.56 Å². The van der Waals surface area contributed by atoms with E-state index in [1.54, 1.807) is 6.07 Å². The minimum atomic E-state index is -3.46. The third-order valence-corrected chi connectivity index (χ3v) is 5.37. The average molecular weight is 305 g/mol. The Morgan fingerprint density at radius 2 is 1.90 bits per heavy atom. The Morgan fingerprint density at radius 3 is 2.52 bits per heavy atom. The van der Waals surface area contributed by atoms with Crippen LogP contribution in [0.15, 0.2) is 48.8 Å². The average Bonchev–Trinajstić information content (AvgIpc) is 2.47. The Bertz CT molecular complexity index is 702. The molecule has 1 heterocycles. The molecule has 2 aromatic rings. The zero-order valence-corrected chi connectivity index (χ0v) is 12.9. The Kier molecular flexibility index (Phi) is 4.47. The maximum atomic E-state index is 12.5. The number of nitrogen functional groups attached to an aromatic ring is 1. The van der Waals surface area contributed by atoms with Crippen LogP contribution in [0, 0.1) is 0 Å². The normalized spacial score (nSPS) is 12.9. The van der Waals surface area contributed by atoms with Crippen LogP contribution in [0.1, 0.15) is 18.4 Å². The van der Waals surface area contributed by atoms with Crippen molar-refractivity contribution in [2.24, 2.45) is 0 Å². The van der Waals surface area contributed by atoms with Crippen LogP contribution in [0.3, 0.4) is 0 Å². The third-order valence-electron chi connectivity index (χ3n) is 3.41. The zero-order valence-electron chi connectivity index (χ0n) is 12.1. The molecular weight excluding hydrogens is 286 g/mol. The van der Waals surface area contributed by atoms with Crippen molar-refractivity contribution in [3.05, 3.63) is 54.4 Å². The van der Waals surface area contributed by atoms with Gasteiger partial charge in [-0.15, -0.1) is 0 Å². The first-order chi connectivity index (χ1) is 9.92. The molecule has 1 aromatic heterocycles. The number of nitrogens with zero attached hydrogens (tertiary/aromatic N) is 2. The summed E-state index contributed by atoms with van der Waals surface area (Å²) >= 11 is 0. The van der Waals surface area contributed by atoms with Gasteiger partial charge in [-0.2, -0.15) is 0 Å². The van der Waals surface area contributed by atoms with E-state index in [2.05, 4.69) is 4.98 Å². The number of aromatic nitrogens is 1. The quantitative estimate of drug-likeness (QED) is 0.919. The van der Waals surface area contributed by atoms with Crippen molar-refractivity contribution >= 4 is 21.4 Å². The van der Waals surface area contributed by atoms with Crippen molar-refractivity contribution in [3.63, 3.8) is 0 Å². The van der Waals surface area contributed by atoms with Gasteiger partial charge in [-0.3, -0.25) is 9.29 Å². The highest BCUT2D eigenvalue weighted by Crippen LogP contribution is 2.25. The summed E-state index contributed by atoms with van der Waals surface area (Å²) in [5.41, 5.74) is 7.58. The van der Waals surface area contributed by atoms with Crippen LogP contribution in [0.25, 0.3) is 0 Å². The largest absolute Gasteiger partial charge is 0.396 e. The van der Waals surface area contributed by atoms with Gasteiger partial charge < -0.3 is 5.73 Å². The van der Waals surface area contributed by atoms with Crippen molar-refractivity contribution in [2.45, 2.75) is 12.8 Å². The first kappa shape index (κ1) is 15.3. The molecule has 0 radical (unpaired) electrons. The number of nitrogens with two attached hydrogens (primary N) is 1. The molecule has 2 N–H and O–H groups in total. The van der Waals surface area contributed by atoms with E-state index in [4.69, 9.17) is 5.73 Å². The SMILES string of the molecule is CC(CS(=O)(=O)N(C)c1ccncc1N)c1ccccc1. The molecule has 112 valence electrons. The van der Waals surface area contributed by atoms with Gasteiger partial charge in [0.25, 0.3) is 0 Å². The maximum absolute atomic E-state index is 12.5. The lowest BCUT2D eigenvalue weighted by Crippen LogP contribution is -2.31. The number of rotatable bonds is 5. The van der Waals surface area contributed by atoms with Gasteiger partial charge in [0.1, 0.15) is 0 Å². The fourth-order valence-electron chi connectivity index (χ4n) is 2.14. The summed E-state index contributed by atoms with van der Waals surface area (Å²) in [6, 6.07) is 11.2. The lowest BCUT2D eigenvalue weighted by atomic mass is 10.0. The Morgan fingerprint density at radius 1 is 1.24 bits per heavy atom. The second kappa shape index (κ2) is 6.13. The smallest absolute Gasteiger partial charge is 0.235 e. The van der Waals surface area contributed by atoms with E-state index in [1.807, 2.05) is 37.3 Å². The highest BCUT2D eigenvalue weighted by molar-refractivity contribution is 7.92. The van der Waals surface area contributed by atoms with Gasteiger partial charge in [0, 0.05) is 13.2 Å². The number of sulfonamides is 1. The van der Waals surface area contributed by atoms with E-state index >= 15 is 0 Å². The number of benzene rings is 1. The predicted molar refractivity (Wildman–Crippen MR) is 85.7 cm³/mol. The molecule has 0 amide bonds. The summed E-state index contributed by atoms with van der Waals surface area (Å²) in [7, 11) is -1.95. The second-order valence-corrected chi connectivity index (χ2v) is 7.04. The predicted octanol–water partition coefficient (Wildman–Crippen LogP) is 2.23. The highest BCUT2D eigenvalue weighted by atomic mass is 32.2. The van der Waals surface area contributed by atoms with Crippen molar-refractivity contribution in [3.8, 4) is 0 Å². The summed E-state index contributed by atoms with van der Waals surface area (Å²) in [4.78, 5) is 3.87. The molecule has 0 spiro atoms. The Labute approximate surface area is 125 Å². The molecular formula is C15H19N3O2S. The third kappa shape index (κ3) is 3.52. The van der Waals surface area contributed by atoms with Gasteiger partial charge >= 0.3 is 0 Å². The summed E-state index contributed by atoms with van der Waals surface area (Å²) in [5.74, 6) is -0.0725. The minimum absolute atomic E-state index is 0.0231. The molecule has 0 saturated carbocycles. The molecule has 0 bridgehead atoms. The van der Waals surface area contributed by atoms with Gasteiger partial charge in [-0.25, -0.2) is 8.42 Å². The van der Waals surface area contributed by atoms with E-state index in [0.29, 0.717) is 11.4 Å². The van der Waals surface area contributed by atoms with Gasteiger partial charge in [-0.1, -0.05) is 37.3 Å². The van der Waals surface area contributed by atoms with Crippen LogP contribution >= 0.6 is 0 Å². The van der Waals surface area contributed by atoms with Crippen molar-refractivity contribution < 1.29 is 8.42 Å². The van der Waals surface area contributed by atoms with Crippen LogP contribution < -0.4 is 10.0 Å². The molecule has 21 heavy (non-hydrogen) atoms. The molecule has 0 saturated heterocycles. The van der Waals surface area contributed by atoms with Crippen molar-refractivity contribution in [2.75, 3.05) is 22.8 Å². The van der Waals surface area contributed by atoms with Gasteiger partial charge in [0.2, 0.25) is 10.0 Å². The number of pyridine rings is 1. The summed E-state index contributed by atoms with van der Waals surface area (Å²) in [5, 5.41) is 0. The highest BCUT2D eigenvalue weighted by Gasteiger charge is 2.23. The van der Waals surface area contributed by atoms with Gasteiger partial charge in [0.05, 0.1) is 23.3 Å². The lowest BCUT2D eigenvalue weighted by molar-refractivity contribution is 0.589. The molecule has 0 fully saturated rings. The molecule has 5 nitrogen and oxygen atoms in total. The fraction of sp³-hybridized carbons (Fsp3) is 0.267. The van der Waals surface area contributed by atoms with Gasteiger partial charge in [0.15, 0.2) is 0 Å². The topological polar surface area (TPSA) is 76.3 Å². The van der Waals surface area contributed by atoms with Crippen molar-refractivity contribution in [1.82, 2.24) is 4.98 Å². The molecule has 0 aliphatic carbocycles. The van der Waals surface area contributed by atoms with Crippen LogP contribution in [0.4, 0.5) is 11.4 Å². The summed E-state index contributed by atoms with van der Waals surface area (Å²) < 4.78 is 26.3. The summed E-state index contributed by atoms with van der Waals surface area (Å²) in [6.45, 7) is 1.90. The van der Waals surface area contributed by atoms with E-state index < -0.39 is 10.0 Å². The number of hydrogen-bond acceptors (Lipinski definition) is 4. The zero-order chi connectivity index (χ0) is 15.5. The first-order valence-electron chi connectivity index (χ1n) is 6.63. The molecule has 2 rings (SSSR count). The van der Waals surface area contributed by atoms with Crippen LogP contribution in [0.2, 0.25) is 0 Å². The minimum Gasteiger partial charge on any atom is -0.396 e. The second-order valence-electron chi connectivity index (χ2n) is 4.99. The maximum Gasteiger partial charge on any atom is 0.235 e. The van der Waals surface area contributed by atoms with E-state index in [1.165, 1.54) is 23.7 Å². The number of anilines is 2. The first-order valence-corrected chi connectivity index (χ1v) is 8.24. The molecule has 1 atom stereocenters. The monoisotopic (exact) mass is 305 g/mol. The van der Waals surface area contributed by atoms with E-state index in [9.17, 15) is 8.42 Å². The van der Waals surface area contributed by atoms with Crippen LogP contribution in [-0.2, 0) is 10.0 Å². The Balaban J connectivity index is 2.21.